The topological polar surface area (TPSA) is 77.0 Å². The van der Waals surface area contributed by atoms with Gasteiger partial charge in [-0.3, -0.25) is 4.79 Å². The zero-order valence-electron chi connectivity index (χ0n) is 17.7. The van der Waals surface area contributed by atoms with Crippen LogP contribution in [0.2, 0.25) is 5.02 Å². The number of benzene rings is 4. The van der Waals surface area contributed by atoms with E-state index in [0.29, 0.717) is 27.6 Å². The number of hydrazone groups is 1. The fourth-order valence-electron chi connectivity index (χ4n) is 3.09. The molecule has 0 aromatic heterocycles. The van der Waals surface area contributed by atoms with Crippen molar-refractivity contribution in [2.45, 2.75) is 0 Å². The second kappa shape index (κ2) is 11.0. The lowest BCUT2D eigenvalue weighted by molar-refractivity contribution is -0.123. The average molecular weight is 538 g/mol. The molecule has 0 saturated carbocycles. The number of rotatable bonds is 7. The van der Waals surface area contributed by atoms with Gasteiger partial charge in [0.2, 0.25) is 0 Å². The molecular weight excluding hydrogens is 520 g/mol. The van der Waals surface area contributed by atoms with E-state index in [1.165, 1.54) is 6.21 Å². The molecule has 6 nitrogen and oxygen atoms in total. The number of amides is 1. The van der Waals surface area contributed by atoms with Crippen molar-refractivity contribution in [1.29, 1.82) is 0 Å². The highest BCUT2D eigenvalue weighted by molar-refractivity contribution is 9.10. The molecule has 1 N–H and O–H groups in total. The van der Waals surface area contributed by atoms with Crippen molar-refractivity contribution in [3.05, 3.63) is 106 Å². The third kappa shape index (κ3) is 6.01. The van der Waals surface area contributed by atoms with Crippen molar-refractivity contribution in [2.24, 2.45) is 5.10 Å². The van der Waals surface area contributed by atoms with Gasteiger partial charge in [0.15, 0.2) is 6.61 Å². The molecule has 8 heteroatoms. The number of hydrogen-bond acceptors (Lipinski definition) is 5. The van der Waals surface area contributed by atoms with Gasteiger partial charge in [-0.1, -0.05) is 54.1 Å². The fourth-order valence-corrected chi connectivity index (χ4v) is 3.82. The molecule has 0 spiro atoms. The molecule has 0 heterocycles. The minimum Gasteiger partial charge on any atom is -0.483 e. The van der Waals surface area contributed by atoms with Crippen LogP contribution in [0.3, 0.4) is 0 Å². The summed E-state index contributed by atoms with van der Waals surface area (Å²) >= 11 is 9.37. The maximum Gasteiger partial charge on any atom is 0.343 e. The Labute approximate surface area is 209 Å². The molecule has 0 radical (unpaired) electrons. The van der Waals surface area contributed by atoms with Crippen LogP contribution in [0.1, 0.15) is 15.9 Å². The lowest BCUT2D eigenvalue weighted by atomic mass is 10.1. The summed E-state index contributed by atoms with van der Waals surface area (Å²) in [5.41, 5.74) is 3.44. The Morgan fingerprint density at radius 1 is 0.971 bits per heavy atom. The summed E-state index contributed by atoms with van der Waals surface area (Å²) in [6.07, 6.45) is 1.45. The molecular formula is C26H18BrClN2O4. The van der Waals surface area contributed by atoms with Crippen molar-refractivity contribution < 1.29 is 19.1 Å². The molecule has 0 saturated heterocycles. The van der Waals surface area contributed by atoms with Crippen molar-refractivity contribution in [3.63, 3.8) is 0 Å². The first-order chi connectivity index (χ1) is 16.5. The fraction of sp³-hybridized carbons (Fsp3) is 0.0385. The van der Waals surface area contributed by atoms with E-state index in [-0.39, 0.29) is 6.61 Å². The summed E-state index contributed by atoms with van der Waals surface area (Å²) in [5.74, 6) is -0.00886. The van der Waals surface area contributed by atoms with Crippen molar-refractivity contribution in [2.75, 3.05) is 6.61 Å². The van der Waals surface area contributed by atoms with Crippen LogP contribution in [-0.4, -0.2) is 24.7 Å². The largest absolute Gasteiger partial charge is 0.483 e. The van der Waals surface area contributed by atoms with E-state index < -0.39 is 11.9 Å². The van der Waals surface area contributed by atoms with E-state index in [4.69, 9.17) is 21.1 Å². The van der Waals surface area contributed by atoms with Crippen molar-refractivity contribution in [3.8, 4) is 11.5 Å². The second-order valence-electron chi connectivity index (χ2n) is 7.15. The highest BCUT2D eigenvalue weighted by Crippen LogP contribution is 2.32. The number of carbonyl (C=O) groups excluding carboxylic acids is 2. The van der Waals surface area contributed by atoms with E-state index >= 15 is 0 Å². The molecule has 0 fully saturated rings. The third-order valence-corrected chi connectivity index (χ3v) is 5.81. The number of nitrogens with one attached hydrogen (secondary N) is 1. The normalized spacial score (nSPS) is 10.9. The van der Waals surface area contributed by atoms with Crippen LogP contribution in [0.15, 0.2) is 94.5 Å². The molecule has 34 heavy (non-hydrogen) atoms. The number of esters is 1. The monoisotopic (exact) mass is 536 g/mol. The van der Waals surface area contributed by atoms with Crippen molar-refractivity contribution in [1.82, 2.24) is 5.43 Å². The molecule has 4 aromatic carbocycles. The van der Waals surface area contributed by atoms with Crippen LogP contribution < -0.4 is 14.9 Å². The van der Waals surface area contributed by atoms with Crippen LogP contribution in [0.4, 0.5) is 0 Å². The van der Waals surface area contributed by atoms with Gasteiger partial charge >= 0.3 is 5.97 Å². The SMILES string of the molecule is O=C(COc1ccc2ccccc2c1Br)N/N=C/c1cccc(OC(=O)c2ccc(Cl)cc2)c1. The first-order valence-corrected chi connectivity index (χ1v) is 11.4. The van der Waals surface area contributed by atoms with E-state index in [0.717, 1.165) is 15.2 Å². The van der Waals surface area contributed by atoms with Gasteiger partial charge in [-0.05, 0) is 74.7 Å². The van der Waals surface area contributed by atoms with E-state index in [2.05, 4.69) is 26.5 Å². The van der Waals surface area contributed by atoms with Gasteiger partial charge in [0, 0.05) is 5.02 Å². The summed E-state index contributed by atoms with van der Waals surface area (Å²) in [5, 5.41) is 6.54. The smallest absolute Gasteiger partial charge is 0.343 e. The summed E-state index contributed by atoms with van der Waals surface area (Å²) in [4.78, 5) is 24.4. The molecule has 0 aliphatic carbocycles. The molecule has 0 atom stereocenters. The quantitative estimate of drug-likeness (QED) is 0.136. The van der Waals surface area contributed by atoms with E-state index in [1.807, 2.05) is 30.3 Å². The Morgan fingerprint density at radius 3 is 2.59 bits per heavy atom. The van der Waals surface area contributed by atoms with Crippen LogP contribution >= 0.6 is 27.5 Å². The Hall–Kier alpha value is -3.68. The van der Waals surface area contributed by atoms with Gasteiger partial charge in [-0.25, -0.2) is 10.2 Å². The predicted molar refractivity (Wildman–Crippen MR) is 136 cm³/mol. The summed E-state index contributed by atoms with van der Waals surface area (Å²) in [6.45, 7) is -0.201. The molecule has 0 aliphatic rings. The predicted octanol–water partition coefficient (Wildman–Crippen LogP) is 6.00. The third-order valence-electron chi connectivity index (χ3n) is 4.74. The molecule has 4 aromatic rings. The lowest BCUT2D eigenvalue weighted by Gasteiger charge is -2.09. The number of nitrogens with zero attached hydrogens (tertiary/aromatic N) is 1. The van der Waals surface area contributed by atoms with Gasteiger partial charge in [0.05, 0.1) is 16.3 Å². The maximum absolute atomic E-state index is 12.3. The molecule has 0 bridgehead atoms. The number of halogens is 2. The van der Waals surface area contributed by atoms with Crippen LogP contribution in [-0.2, 0) is 4.79 Å². The zero-order valence-corrected chi connectivity index (χ0v) is 20.0. The van der Waals surface area contributed by atoms with E-state index in [9.17, 15) is 9.59 Å². The Balaban J connectivity index is 1.31. The minimum absolute atomic E-state index is 0.201. The highest BCUT2D eigenvalue weighted by atomic mass is 79.9. The van der Waals surface area contributed by atoms with Crippen LogP contribution in [0.25, 0.3) is 10.8 Å². The second-order valence-corrected chi connectivity index (χ2v) is 8.38. The first kappa shape index (κ1) is 23.5. The van der Waals surface area contributed by atoms with Gasteiger partial charge in [-0.15, -0.1) is 0 Å². The number of ether oxygens (including phenoxy) is 2. The standard InChI is InChI=1S/C26H18BrClN2O4/c27-25-22-7-2-1-5-18(22)10-13-23(25)33-16-24(31)30-29-15-17-4-3-6-21(14-17)34-26(32)19-8-11-20(28)12-9-19/h1-15H,16H2,(H,30,31)/b29-15+. The summed E-state index contributed by atoms with van der Waals surface area (Å²) in [7, 11) is 0. The maximum atomic E-state index is 12.3. The molecule has 0 unspecified atom stereocenters. The minimum atomic E-state index is -0.504. The zero-order chi connectivity index (χ0) is 23.9. The Kier molecular flexibility index (Phi) is 7.57. The molecule has 0 aliphatic heterocycles. The van der Waals surface area contributed by atoms with Crippen LogP contribution in [0.5, 0.6) is 11.5 Å². The molecule has 1 amide bonds. The van der Waals surface area contributed by atoms with Crippen molar-refractivity contribution >= 4 is 56.4 Å². The van der Waals surface area contributed by atoms with Gasteiger partial charge in [-0.2, -0.15) is 5.10 Å². The van der Waals surface area contributed by atoms with Crippen LogP contribution in [0, 0.1) is 0 Å². The average Bonchev–Trinajstić information content (AvgIpc) is 2.84. The Bertz CT molecular complexity index is 1370. The van der Waals surface area contributed by atoms with Gasteiger partial charge < -0.3 is 9.47 Å². The molecule has 170 valence electrons. The number of carbonyl (C=O) groups is 2. The molecule has 4 rings (SSSR count). The number of hydrogen-bond donors (Lipinski definition) is 1. The highest BCUT2D eigenvalue weighted by Gasteiger charge is 2.10. The summed E-state index contributed by atoms with van der Waals surface area (Å²) in [6, 6.07) is 24.8. The Morgan fingerprint density at radius 2 is 1.76 bits per heavy atom. The van der Waals surface area contributed by atoms with E-state index in [1.54, 1.807) is 54.6 Å². The number of fused-ring (bicyclic) bond motifs is 1. The van der Waals surface area contributed by atoms with Gasteiger partial charge in [0.25, 0.3) is 5.91 Å². The van der Waals surface area contributed by atoms with Gasteiger partial charge in [0.1, 0.15) is 11.5 Å². The summed E-state index contributed by atoms with van der Waals surface area (Å²) < 4.78 is 11.8. The lowest BCUT2D eigenvalue weighted by Crippen LogP contribution is -2.24. The first-order valence-electron chi connectivity index (χ1n) is 10.2.